The molecule has 29 heavy (non-hydrogen) atoms. The first-order valence-corrected chi connectivity index (χ1v) is 8.90. The lowest BCUT2D eigenvalue weighted by Crippen LogP contribution is -2.27. The minimum atomic E-state index is -4.51. The van der Waals surface area contributed by atoms with Crippen molar-refractivity contribution in [2.45, 2.75) is 32.7 Å². The Morgan fingerprint density at radius 3 is 2.59 bits per heavy atom. The minimum absolute atomic E-state index is 0.00707. The van der Waals surface area contributed by atoms with Crippen LogP contribution in [0.25, 0.3) is 10.8 Å². The molecule has 0 aliphatic rings. The van der Waals surface area contributed by atoms with E-state index in [1.54, 1.807) is 24.3 Å². The second-order valence-electron chi connectivity index (χ2n) is 6.79. The number of rotatable bonds is 5. The molecule has 0 atom stereocenters. The third-order valence-corrected chi connectivity index (χ3v) is 4.11. The first-order chi connectivity index (χ1) is 13.6. The summed E-state index contributed by atoms with van der Waals surface area (Å²) in [5, 5.41) is 3.47. The summed E-state index contributed by atoms with van der Waals surface area (Å²) in [7, 11) is 0. The Balaban J connectivity index is 1.78. The van der Waals surface area contributed by atoms with Gasteiger partial charge in [-0.1, -0.05) is 6.07 Å². The summed E-state index contributed by atoms with van der Waals surface area (Å²) in [4.78, 5) is 24.9. The van der Waals surface area contributed by atoms with Crippen LogP contribution in [0, 0.1) is 0 Å². The molecule has 3 aromatic rings. The first kappa shape index (κ1) is 20.4. The Morgan fingerprint density at radius 1 is 1.14 bits per heavy atom. The van der Waals surface area contributed by atoms with Crippen molar-refractivity contribution < 1.29 is 22.7 Å². The number of carbonyl (C=O) groups excluding carboxylic acids is 1. The molecule has 0 saturated carbocycles. The highest BCUT2D eigenvalue weighted by molar-refractivity contribution is 5.91. The monoisotopic (exact) mass is 404 g/mol. The summed E-state index contributed by atoms with van der Waals surface area (Å²) in [5.74, 6) is 0.0254. The fourth-order valence-electron chi connectivity index (χ4n) is 2.86. The van der Waals surface area contributed by atoms with Crippen molar-refractivity contribution in [2.24, 2.45) is 0 Å². The Bertz CT molecular complexity index is 1100. The lowest BCUT2D eigenvalue weighted by atomic mass is 10.1. The van der Waals surface area contributed by atoms with Crippen molar-refractivity contribution in [3.05, 3.63) is 70.6 Å². The fourth-order valence-corrected chi connectivity index (χ4v) is 2.86. The molecule has 0 aliphatic heterocycles. The van der Waals surface area contributed by atoms with Gasteiger partial charge in [-0.05, 0) is 61.7 Å². The van der Waals surface area contributed by atoms with Crippen LogP contribution in [0.4, 0.5) is 18.9 Å². The van der Waals surface area contributed by atoms with E-state index in [-0.39, 0.29) is 23.9 Å². The summed E-state index contributed by atoms with van der Waals surface area (Å²) < 4.78 is 45.2. The minimum Gasteiger partial charge on any atom is -0.491 e. The number of nitrogens with zero attached hydrogens (tertiary/aromatic N) is 1. The Labute approximate surface area is 164 Å². The van der Waals surface area contributed by atoms with E-state index in [0.717, 1.165) is 12.1 Å². The van der Waals surface area contributed by atoms with Gasteiger partial charge in [0.15, 0.2) is 0 Å². The number of hydrogen-bond donors (Lipinski definition) is 1. The zero-order valence-electron chi connectivity index (χ0n) is 15.8. The Kier molecular flexibility index (Phi) is 5.63. The number of alkyl halides is 3. The maximum absolute atomic E-state index is 12.8. The molecule has 0 bridgehead atoms. The van der Waals surface area contributed by atoms with Gasteiger partial charge in [0.2, 0.25) is 5.91 Å². The highest BCUT2D eigenvalue weighted by Crippen LogP contribution is 2.30. The van der Waals surface area contributed by atoms with E-state index in [0.29, 0.717) is 16.5 Å². The van der Waals surface area contributed by atoms with Crippen LogP contribution in [0.15, 0.2) is 59.5 Å². The summed E-state index contributed by atoms with van der Waals surface area (Å²) in [5.41, 5.74) is -1.23. The van der Waals surface area contributed by atoms with E-state index in [1.165, 1.54) is 22.9 Å². The SMILES string of the molecule is CC(C)Oc1ccc2c(=O)n(CC(=O)Nc3cccc(C(F)(F)F)c3)ccc2c1. The van der Waals surface area contributed by atoms with E-state index >= 15 is 0 Å². The highest BCUT2D eigenvalue weighted by atomic mass is 19.4. The van der Waals surface area contributed by atoms with E-state index in [1.807, 2.05) is 13.8 Å². The van der Waals surface area contributed by atoms with Gasteiger partial charge in [0.1, 0.15) is 12.3 Å². The number of benzene rings is 2. The number of hydrogen-bond acceptors (Lipinski definition) is 3. The van der Waals surface area contributed by atoms with Crippen molar-refractivity contribution in [2.75, 3.05) is 5.32 Å². The molecule has 0 unspecified atom stereocenters. The van der Waals surface area contributed by atoms with Crippen LogP contribution in [0.5, 0.6) is 5.75 Å². The molecule has 5 nitrogen and oxygen atoms in total. The third-order valence-electron chi connectivity index (χ3n) is 4.11. The van der Waals surface area contributed by atoms with Gasteiger partial charge in [-0.3, -0.25) is 9.59 Å². The van der Waals surface area contributed by atoms with Gasteiger partial charge >= 0.3 is 6.18 Å². The Hall–Kier alpha value is -3.29. The van der Waals surface area contributed by atoms with Gasteiger partial charge in [-0.25, -0.2) is 0 Å². The van der Waals surface area contributed by atoms with Crippen LogP contribution in [0.1, 0.15) is 19.4 Å². The van der Waals surface area contributed by atoms with Gasteiger partial charge in [-0.15, -0.1) is 0 Å². The number of carbonyl (C=O) groups is 1. The molecular formula is C21H19F3N2O3. The predicted molar refractivity (Wildman–Crippen MR) is 104 cm³/mol. The van der Waals surface area contributed by atoms with Gasteiger partial charge < -0.3 is 14.6 Å². The van der Waals surface area contributed by atoms with E-state index in [4.69, 9.17) is 4.74 Å². The van der Waals surface area contributed by atoms with Crippen molar-refractivity contribution in [3.63, 3.8) is 0 Å². The quantitative estimate of drug-likeness (QED) is 0.684. The number of nitrogens with one attached hydrogen (secondary N) is 1. The van der Waals surface area contributed by atoms with Crippen molar-refractivity contribution in [1.82, 2.24) is 4.57 Å². The molecule has 152 valence electrons. The van der Waals surface area contributed by atoms with Gasteiger partial charge in [0.25, 0.3) is 5.56 Å². The topological polar surface area (TPSA) is 60.3 Å². The van der Waals surface area contributed by atoms with Crippen molar-refractivity contribution >= 4 is 22.4 Å². The van der Waals surface area contributed by atoms with Crippen LogP contribution in [-0.2, 0) is 17.5 Å². The number of fused-ring (bicyclic) bond motifs is 1. The molecule has 1 amide bonds. The van der Waals surface area contributed by atoms with E-state index < -0.39 is 17.6 Å². The van der Waals surface area contributed by atoms with Gasteiger partial charge in [0, 0.05) is 17.3 Å². The molecular weight excluding hydrogens is 385 g/mol. The van der Waals surface area contributed by atoms with Crippen LogP contribution in [0.2, 0.25) is 0 Å². The number of ether oxygens (including phenoxy) is 1. The first-order valence-electron chi connectivity index (χ1n) is 8.90. The molecule has 1 heterocycles. The lowest BCUT2D eigenvalue weighted by molar-refractivity contribution is -0.137. The maximum atomic E-state index is 12.8. The molecule has 0 spiro atoms. The molecule has 0 fully saturated rings. The molecule has 1 aromatic heterocycles. The smallest absolute Gasteiger partial charge is 0.416 e. The molecule has 3 rings (SSSR count). The zero-order chi connectivity index (χ0) is 21.2. The number of halogens is 3. The summed E-state index contributed by atoms with van der Waals surface area (Å²) in [6.07, 6.45) is -3.05. The van der Waals surface area contributed by atoms with E-state index in [2.05, 4.69) is 5.32 Å². The summed E-state index contributed by atoms with van der Waals surface area (Å²) in [6, 6.07) is 11.0. The molecule has 1 N–H and O–H groups in total. The van der Waals surface area contributed by atoms with Crippen molar-refractivity contribution in [3.8, 4) is 5.75 Å². The molecule has 0 saturated heterocycles. The summed E-state index contributed by atoms with van der Waals surface area (Å²) in [6.45, 7) is 3.46. The average molecular weight is 404 g/mol. The summed E-state index contributed by atoms with van der Waals surface area (Å²) >= 11 is 0. The standard InChI is InChI=1S/C21H19F3N2O3/c1-13(2)29-17-6-7-18-14(10-17)8-9-26(20(18)28)12-19(27)25-16-5-3-4-15(11-16)21(22,23)24/h3-11,13H,12H2,1-2H3,(H,25,27). The molecule has 8 heteroatoms. The normalized spacial score (nSPS) is 11.7. The highest BCUT2D eigenvalue weighted by Gasteiger charge is 2.30. The molecule has 0 aliphatic carbocycles. The number of anilines is 1. The van der Waals surface area contributed by atoms with Gasteiger partial charge in [-0.2, -0.15) is 13.2 Å². The van der Waals surface area contributed by atoms with Gasteiger partial charge in [0.05, 0.1) is 11.7 Å². The zero-order valence-corrected chi connectivity index (χ0v) is 15.8. The predicted octanol–water partition coefficient (Wildman–Crippen LogP) is 4.45. The van der Waals surface area contributed by atoms with Crippen LogP contribution < -0.4 is 15.6 Å². The third kappa shape index (κ3) is 4.96. The van der Waals surface area contributed by atoms with Crippen LogP contribution >= 0.6 is 0 Å². The largest absolute Gasteiger partial charge is 0.491 e. The Morgan fingerprint density at radius 2 is 1.90 bits per heavy atom. The lowest BCUT2D eigenvalue weighted by Gasteiger charge is -2.12. The number of amides is 1. The maximum Gasteiger partial charge on any atom is 0.416 e. The van der Waals surface area contributed by atoms with Crippen LogP contribution in [-0.4, -0.2) is 16.6 Å². The molecule has 0 radical (unpaired) electrons. The second-order valence-corrected chi connectivity index (χ2v) is 6.79. The van der Waals surface area contributed by atoms with Crippen molar-refractivity contribution in [1.29, 1.82) is 0 Å². The number of aromatic nitrogens is 1. The molecule has 2 aromatic carbocycles. The van der Waals surface area contributed by atoms with Crippen LogP contribution in [0.3, 0.4) is 0 Å². The second kappa shape index (κ2) is 7.98. The average Bonchev–Trinajstić information content (AvgIpc) is 2.63. The van der Waals surface area contributed by atoms with E-state index in [9.17, 15) is 22.8 Å². The number of pyridine rings is 1. The fraction of sp³-hybridized carbons (Fsp3) is 0.238.